The number of aromatic nitrogens is 2. The van der Waals surface area contributed by atoms with Crippen LogP contribution in [-0.4, -0.2) is 72.0 Å². The van der Waals surface area contributed by atoms with Crippen molar-refractivity contribution >= 4 is 11.7 Å². The molecule has 0 aromatic carbocycles. The summed E-state index contributed by atoms with van der Waals surface area (Å²) in [6.45, 7) is 4.99. The minimum Gasteiger partial charge on any atom is -0.353 e. The molecule has 0 bridgehead atoms. The van der Waals surface area contributed by atoms with Gasteiger partial charge in [-0.3, -0.25) is 9.78 Å². The van der Waals surface area contributed by atoms with Crippen molar-refractivity contribution in [3.8, 4) is 0 Å². The highest BCUT2D eigenvalue weighted by Crippen LogP contribution is 2.13. The van der Waals surface area contributed by atoms with Crippen LogP contribution in [0.5, 0.6) is 0 Å². The number of hydrogen-bond acceptors (Lipinski definition) is 5. The molecule has 6 heteroatoms. The van der Waals surface area contributed by atoms with Crippen LogP contribution in [-0.2, 0) is 11.2 Å². The Labute approximate surface area is 155 Å². The smallest absolute Gasteiger partial charge is 0.223 e. The van der Waals surface area contributed by atoms with Crippen molar-refractivity contribution in [2.75, 3.05) is 51.2 Å². The standard InChI is InChI=1S/C20H27N5O/c1-23(12-7-18-5-10-21-11-6-18)13-8-20(26)25-16-14-24(15-17-25)19-4-2-3-9-22-19/h2-6,9-11H,7-8,12-17H2,1H3. The molecule has 1 saturated heterocycles. The highest BCUT2D eigenvalue weighted by atomic mass is 16.2. The molecular weight excluding hydrogens is 326 g/mol. The summed E-state index contributed by atoms with van der Waals surface area (Å²) in [5, 5.41) is 0. The largest absolute Gasteiger partial charge is 0.353 e. The number of piperazine rings is 1. The first kappa shape index (κ1) is 18.3. The van der Waals surface area contributed by atoms with E-state index in [4.69, 9.17) is 0 Å². The second-order valence-electron chi connectivity index (χ2n) is 6.71. The Morgan fingerprint density at radius 3 is 2.50 bits per heavy atom. The van der Waals surface area contributed by atoms with Gasteiger partial charge < -0.3 is 14.7 Å². The highest BCUT2D eigenvalue weighted by Gasteiger charge is 2.21. The molecule has 1 aliphatic rings. The topological polar surface area (TPSA) is 52.6 Å². The number of pyridine rings is 2. The number of rotatable bonds is 7. The predicted molar refractivity (Wildman–Crippen MR) is 103 cm³/mol. The van der Waals surface area contributed by atoms with Crippen molar-refractivity contribution in [3.05, 3.63) is 54.5 Å². The van der Waals surface area contributed by atoms with Crippen LogP contribution < -0.4 is 4.90 Å². The van der Waals surface area contributed by atoms with Gasteiger partial charge >= 0.3 is 0 Å². The fraction of sp³-hybridized carbons (Fsp3) is 0.450. The summed E-state index contributed by atoms with van der Waals surface area (Å²) in [6, 6.07) is 10.0. The van der Waals surface area contributed by atoms with Gasteiger partial charge in [-0.2, -0.15) is 0 Å². The molecule has 0 unspecified atom stereocenters. The van der Waals surface area contributed by atoms with E-state index in [1.54, 1.807) is 0 Å². The van der Waals surface area contributed by atoms with E-state index in [0.717, 1.165) is 51.5 Å². The number of nitrogens with zero attached hydrogens (tertiary/aromatic N) is 5. The monoisotopic (exact) mass is 353 g/mol. The van der Waals surface area contributed by atoms with Gasteiger partial charge in [-0.05, 0) is 43.3 Å². The molecule has 1 aliphatic heterocycles. The van der Waals surface area contributed by atoms with E-state index < -0.39 is 0 Å². The Bertz CT molecular complexity index is 671. The van der Waals surface area contributed by atoms with Crippen LogP contribution in [0.4, 0.5) is 5.82 Å². The molecule has 26 heavy (non-hydrogen) atoms. The number of amides is 1. The van der Waals surface area contributed by atoms with Crippen LogP contribution in [0.25, 0.3) is 0 Å². The van der Waals surface area contributed by atoms with Gasteiger partial charge in [0, 0.05) is 64.3 Å². The van der Waals surface area contributed by atoms with Gasteiger partial charge in [-0.1, -0.05) is 6.07 Å². The highest BCUT2D eigenvalue weighted by molar-refractivity contribution is 5.76. The van der Waals surface area contributed by atoms with Crippen LogP contribution in [0.15, 0.2) is 48.9 Å². The van der Waals surface area contributed by atoms with E-state index in [0.29, 0.717) is 6.42 Å². The lowest BCUT2D eigenvalue weighted by atomic mass is 10.2. The number of likely N-dealkylation sites (N-methyl/N-ethyl adjacent to an activating group) is 1. The molecule has 0 atom stereocenters. The lowest BCUT2D eigenvalue weighted by Crippen LogP contribution is -2.49. The molecule has 2 aromatic heterocycles. The molecule has 3 heterocycles. The molecule has 6 nitrogen and oxygen atoms in total. The van der Waals surface area contributed by atoms with E-state index >= 15 is 0 Å². The normalized spacial score (nSPS) is 14.7. The zero-order chi connectivity index (χ0) is 18.2. The minimum absolute atomic E-state index is 0.251. The van der Waals surface area contributed by atoms with Crippen LogP contribution in [0.3, 0.4) is 0 Å². The van der Waals surface area contributed by atoms with Crippen molar-refractivity contribution < 1.29 is 4.79 Å². The molecule has 0 radical (unpaired) electrons. The quantitative estimate of drug-likeness (QED) is 0.758. The Morgan fingerprint density at radius 1 is 1.04 bits per heavy atom. The van der Waals surface area contributed by atoms with Crippen molar-refractivity contribution in [1.82, 2.24) is 19.8 Å². The second kappa shape index (κ2) is 9.29. The number of carbonyl (C=O) groups is 1. The first-order chi connectivity index (χ1) is 12.7. The molecule has 0 aliphatic carbocycles. The summed E-state index contributed by atoms with van der Waals surface area (Å²) in [7, 11) is 2.08. The Morgan fingerprint density at radius 2 is 1.81 bits per heavy atom. The summed E-state index contributed by atoms with van der Waals surface area (Å²) in [4.78, 5) is 27.4. The molecule has 2 aromatic rings. The molecule has 0 spiro atoms. The molecule has 3 rings (SSSR count). The van der Waals surface area contributed by atoms with Crippen molar-refractivity contribution in [3.63, 3.8) is 0 Å². The SMILES string of the molecule is CN(CCC(=O)N1CCN(c2ccccn2)CC1)CCc1ccncc1. The van der Waals surface area contributed by atoms with E-state index in [1.807, 2.05) is 53.8 Å². The number of anilines is 1. The minimum atomic E-state index is 0.251. The number of hydrogen-bond donors (Lipinski definition) is 0. The van der Waals surface area contributed by atoms with E-state index in [2.05, 4.69) is 26.8 Å². The third-order valence-corrected chi connectivity index (χ3v) is 4.84. The van der Waals surface area contributed by atoms with Crippen LogP contribution in [0.1, 0.15) is 12.0 Å². The van der Waals surface area contributed by atoms with Crippen LogP contribution in [0.2, 0.25) is 0 Å². The van der Waals surface area contributed by atoms with Gasteiger partial charge in [0.15, 0.2) is 0 Å². The lowest BCUT2D eigenvalue weighted by Gasteiger charge is -2.35. The molecule has 0 N–H and O–H groups in total. The van der Waals surface area contributed by atoms with Gasteiger partial charge in [-0.25, -0.2) is 4.98 Å². The van der Waals surface area contributed by atoms with E-state index in [9.17, 15) is 4.79 Å². The molecule has 0 saturated carbocycles. The van der Waals surface area contributed by atoms with Crippen molar-refractivity contribution in [2.24, 2.45) is 0 Å². The first-order valence-electron chi connectivity index (χ1n) is 9.23. The second-order valence-corrected chi connectivity index (χ2v) is 6.71. The zero-order valence-electron chi connectivity index (χ0n) is 15.4. The van der Waals surface area contributed by atoms with E-state index in [-0.39, 0.29) is 5.91 Å². The van der Waals surface area contributed by atoms with Crippen molar-refractivity contribution in [2.45, 2.75) is 12.8 Å². The van der Waals surface area contributed by atoms with Crippen molar-refractivity contribution in [1.29, 1.82) is 0 Å². The predicted octanol–water partition coefficient (Wildman–Crippen LogP) is 1.69. The Balaban J connectivity index is 1.36. The van der Waals surface area contributed by atoms with Gasteiger partial charge in [0.05, 0.1) is 0 Å². The fourth-order valence-corrected chi connectivity index (χ4v) is 3.15. The van der Waals surface area contributed by atoms with Gasteiger partial charge in [0.25, 0.3) is 0 Å². The average Bonchev–Trinajstić information content (AvgIpc) is 2.72. The molecular formula is C20H27N5O. The zero-order valence-corrected chi connectivity index (χ0v) is 15.4. The summed E-state index contributed by atoms with van der Waals surface area (Å²) in [5.74, 6) is 1.25. The van der Waals surface area contributed by atoms with Crippen LogP contribution >= 0.6 is 0 Å². The maximum absolute atomic E-state index is 12.5. The van der Waals surface area contributed by atoms with E-state index in [1.165, 1.54) is 5.56 Å². The molecule has 138 valence electrons. The van der Waals surface area contributed by atoms with Crippen LogP contribution in [0, 0.1) is 0 Å². The Kier molecular flexibility index (Phi) is 6.55. The van der Waals surface area contributed by atoms with Gasteiger partial charge in [-0.15, -0.1) is 0 Å². The third kappa shape index (κ3) is 5.26. The summed E-state index contributed by atoms with van der Waals surface area (Å²) in [5.41, 5.74) is 1.28. The maximum atomic E-state index is 12.5. The number of carbonyl (C=O) groups excluding carboxylic acids is 1. The van der Waals surface area contributed by atoms with Gasteiger partial charge in [0.2, 0.25) is 5.91 Å². The van der Waals surface area contributed by atoms with Gasteiger partial charge in [0.1, 0.15) is 5.82 Å². The lowest BCUT2D eigenvalue weighted by molar-refractivity contribution is -0.131. The fourth-order valence-electron chi connectivity index (χ4n) is 3.15. The average molecular weight is 353 g/mol. The maximum Gasteiger partial charge on any atom is 0.223 e. The first-order valence-corrected chi connectivity index (χ1v) is 9.23. The summed E-state index contributed by atoms with van der Waals surface area (Å²) < 4.78 is 0. The third-order valence-electron chi connectivity index (χ3n) is 4.84. The summed E-state index contributed by atoms with van der Waals surface area (Å²) >= 11 is 0. The Hall–Kier alpha value is -2.47. The molecule has 1 fully saturated rings. The summed E-state index contributed by atoms with van der Waals surface area (Å²) in [6.07, 6.45) is 7.02. The molecule has 1 amide bonds.